The Morgan fingerprint density at radius 1 is 0.822 bits per heavy atom. The summed E-state index contributed by atoms with van der Waals surface area (Å²) in [6.07, 6.45) is -0.0896. The van der Waals surface area contributed by atoms with Gasteiger partial charge in [0.15, 0.2) is 0 Å². The van der Waals surface area contributed by atoms with Gasteiger partial charge in [-0.05, 0) is 83.4 Å². The van der Waals surface area contributed by atoms with Crippen molar-refractivity contribution in [1.82, 2.24) is 19.4 Å². The number of fused-ring (bicyclic) bond motifs is 1. The van der Waals surface area contributed by atoms with Gasteiger partial charge in [0.25, 0.3) is 5.91 Å². The van der Waals surface area contributed by atoms with Crippen LogP contribution in [0.3, 0.4) is 0 Å². The maximum absolute atomic E-state index is 13.3. The zero-order valence-electron chi connectivity index (χ0n) is 26.9. The Morgan fingerprint density at radius 2 is 1.44 bits per heavy atom. The molecule has 0 bridgehead atoms. The zero-order valence-corrected chi connectivity index (χ0v) is 26.9. The highest BCUT2D eigenvalue weighted by atomic mass is 16.6. The number of nitrogens with one attached hydrogen (secondary N) is 1. The number of pyridine rings is 1. The first-order valence-corrected chi connectivity index (χ1v) is 15.3. The van der Waals surface area contributed by atoms with Gasteiger partial charge < -0.3 is 19.2 Å². The van der Waals surface area contributed by atoms with Crippen molar-refractivity contribution in [3.05, 3.63) is 130 Å². The number of hydrogen-bond donors (Lipinski definition) is 1. The first-order valence-electron chi connectivity index (χ1n) is 15.3. The summed E-state index contributed by atoms with van der Waals surface area (Å²) in [5.74, 6) is -0.262. The summed E-state index contributed by atoms with van der Waals surface area (Å²) < 4.78 is 9.80. The van der Waals surface area contributed by atoms with Crippen LogP contribution in [0.25, 0.3) is 11.0 Å². The molecule has 0 saturated carbocycles. The topological polar surface area (TPSA) is 90.5 Å². The number of amides is 2. The number of imidazole rings is 1. The van der Waals surface area contributed by atoms with Crippen molar-refractivity contribution >= 4 is 23.0 Å². The van der Waals surface area contributed by atoms with E-state index in [-0.39, 0.29) is 18.5 Å². The summed E-state index contributed by atoms with van der Waals surface area (Å²) in [6.45, 7) is 12.2. The molecule has 0 aliphatic rings. The third-order valence-corrected chi connectivity index (χ3v) is 7.51. The molecule has 8 nitrogen and oxygen atoms in total. The molecule has 5 rings (SSSR count). The molecule has 8 heteroatoms. The molecule has 0 radical (unpaired) electrons. The minimum Gasteiger partial charge on any atom is -0.442 e. The number of rotatable bonds is 8. The molecule has 232 valence electrons. The van der Waals surface area contributed by atoms with E-state index in [1.807, 2.05) is 64.1 Å². The van der Waals surface area contributed by atoms with Crippen molar-refractivity contribution < 1.29 is 14.3 Å². The van der Waals surface area contributed by atoms with Crippen molar-refractivity contribution in [1.29, 1.82) is 0 Å². The van der Waals surface area contributed by atoms with Gasteiger partial charge in [-0.2, -0.15) is 0 Å². The van der Waals surface area contributed by atoms with Gasteiger partial charge in [-0.3, -0.25) is 4.79 Å². The van der Waals surface area contributed by atoms with Crippen molar-refractivity contribution in [3.63, 3.8) is 0 Å². The predicted molar refractivity (Wildman–Crippen MR) is 177 cm³/mol. The van der Waals surface area contributed by atoms with Crippen molar-refractivity contribution in [2.24, 2.45) is 4.99 Å². The quantitative estimate of drug-likeness (QED) is 0.210. The Balaban J connectivity index is 1.67. The van der Waals surface area contributed by atoms with Gasteiger partial charge in [0, 0.05) is 12.2 Å². The van der Waals surface area contributed by atoms with Crippen molar-refractivity contribution in [2.45, 2.75) is 66.2 Å². The molecule has 2 aromatic heterocycles. The fraction of sp³-hybridized carbons (Fsp3) is 0.297. The Bertz CT molecular complexity index is 1880. The summed E-state index contributed by atoms with van der Waals surface area (Å²) in [6, 6.07) is 29.8. The molecule has 0 fully saturated rings. The summed E-state index contributed by atoms with van der Waals surface area (Å²) >= 11 is 0. The predicted octanol–water partition coefficient (Wildman–Crippen LogP) is 6.86. The zero-order chi connectivity index (χ0) is 32.1. The fourth-order valence-electron chi connectivity index (χ4n) is 5.34. The Hall–Kier alpha value is -4.98. The van der Waals surface area contributed by atoms with Crippen LogP contribution in [0.2, 0.25) is 0 Å². The molecule has 0 spiro atoms. The third-order valence-electron chi connectivity index (χ3n) is 7.51. The molecule has 2 amide bonds. The average Bonchev–Trinajstić information content (AvgIpc) is 3.28. The number of carbonyl (C=O) groups excluding carboxylic acids is 2. The second kappa shape index (κ2) is 13.3. The maximum atomic E-state index is 13.3. The van der Waals surface area contributed by atoms with Crippen molar-refractivity contribution in [3.8, 4) is 0 Å². The van der Waals surface area contributed by atoms with E-state index in [2.05, 4.69) is 86.8 Å². The standard InChI is InChI=1S/C37H41N5O3/c1-25-14-18-28(19-15-25)22-30(23-38-34(43)31-11-9-10-27(3)39-31)42-33-13-8-7-12-32(33)41(24-29-20-16-26(2)17-21-29)35(42)40-36(44)45-37(4,5)6/h7-21,30H,22-24H2,1-6H3,(H,38,43)/t30-/m0/s1. The second-order valence-corrected chi connectivity index (χ2v) is 12.5. The highest BCUT2D eigenvalue weighted by Crippen LogP contribution is 2.22. The van der Waals surface area contributed by atoms with E-state index in [0.717, 1.165) is 33.4 Å². The van der Waals surface area contributed by atoms with Crippen LogP contribution >= 0.6 is 0 Å². The van der Waals surface area contributed by atoms with E-state index in [1.54, 1.807) is 6.07 Å². The molecular weight excluding hydrogens is 562 g/mol. The monoisotopic (exact) mass is 603 g/mol. The molecule has 2 heterocycles. The number of carbonyl (C=O) groups is 2. The smallest absolute Gasteiger partial charge is 0.437 e. The Morgan fingerprint density at radius 3 is 2.07 bits per heavy atom. The van der Waals surface area contributed by atoms with Gasteiger partial charge in [0.2, 0.25) is 5.62 Å². The molecule has 0 aliphatic heterocycles. The first kappa shape index (κ1) is 31.4. The van der Waals surface area contributed by atoms with Crippen LogP contribution in [0.1, 0.15) is 65.2 Å². The summed E-state index contributed by atoms with van der Waals surface area (Å²) in [5, 5.41) is 3.12. The normalized spacial score (nSPS) is 12.7. The molecule has 1 atom stereocenters. The van der Waals surface area contributed by atoms with Crippen molar-refractivity contribution in [2.75, 3.05) is 6.54 Å². The van der Waals surface area contributed by atoms with Crippen LogP contribution < -0.4 is 10.9 Å². The van der Waals surface area contributed by atoms with Crippen LogP contribution in [0, 0.1) is 20.8 Å². The first-order chi connectivity index (χ1) is 21.5. The lowest BCUT2D eigenvalue weighted by Gasteiger charge is -2.22. The number of aryl methyl sites for hydroxylation is 3. The lowest BCUT2D eigenvalue weighted by atomic mass is 10.0. The SMILES string of the molecule is Cc1ccc(C[C@@H](CNC(=O)c2cccc(C)n2)n2c(=NC(=O)OC(C)(C)C)n(Cc3ccc(C)cc3)c3ccccc32)cc1. The summed E-state index contributed by atoms with van der Waals surface area (Å²) in [5.41, 5.74) is 7.18. The van der Waals surface area contributed by atoms with Crippen LogP contribution in [-0.2, 0) is 17.7 Å². The van der Waals surface area contributed by atoms with Gasteiger partial charge in [-0.25, -0.2) is 9.78 Å². The van der Waals surface area contributed by atoms with E-state index in [4.69, 9.17) is 4.74 Å². The van der Waals surface area contributed by atoms with E-state index in [0.29, 0.717) is 24.3 Å². The van der Waals surface area contributed by atoms with Crippen LogP contribution in [0.5, 0.6) is 0 Å². The van der Waals surface area contributed by atoms with E-state index in [1.165, 1.54) is 5.56 Å². The van der Waals surface area contributed by atoms with Crippen LogP contribution in [0.4, 0.5) is 4.79 Å². The average molecular weight is 604 g/mol. The molecule has 0 saturated heterocycles. The summed E-state index contributed by atoms with van der Waals surface area (Å²) in [4.78, 5) is 35.6. The lowest BCUT2D eigenvalue weighted by molar-refractivity contribution is 0.0592. The van der Waals surface area contributed by atoms with Gasteiger partial charge >= 0.3 is 6.09 Å². The van der Waals surface area contributed by atoms with E-state index >= 15 is 0 Å². The maximum Gasteiger partial charge on any atom is 0.437 e. The summed E-state index contributed by atoms with van der Waals surface area (Å²) in [7, 11) is 0. The third kappa shape index (κ3) is 7.95. The molecular formula is C37H41N5O3. The molecule has 5 aromatic rings. The number of para-hydroxylation sites is 2. The van der Waals surface area contributed by atoms with Gasteiger partial charge in [0.05, 0.1) is 23.6 Å². The van der Waals surface area contributed by atoms with E-state index < -0.39 is 11.7 Å². The lowest BCUT2D eigenvalue weighted by Crippen LogP contribution is -2.38. The van der Waals surface area contributed by atoms with Gasteiger partial charge in [-0.15, -0.1) is 4.99 Å². The molecule has 3 aromatic carbocycles. The van der Waals surface area contributed by atoms with Crippen LogP contribution in [-0.4, -0.2) is 38.3 Å². The number of benzene rings is 3. The molecule has 0 unspecified atom stereocenters. The highest BCUT2D eigenvalue weighted by molar-refractivity contribution is 5.92. The second-order valence-electron chi connectivity index (χ2n) is 12.5. The van der Waals surface area contributed by atoms with Crippen LogP contribution in [0.15, 0.2) is 96.0 Å². The number of aromatic nitrogens is 3. The minimum atomic E-state index is -0.713. The largest absolute Gasteiger partial charge is 0.442 e. The van der Waals surface area contributed by atoms with E-state index in [9.17, 15) is 9.59 Å². The van der Waals surface area contributed by atoms with Gasteiger partial charge in [-0.1, -0.05) is 77.9 Å². The highest BCUT2D eigenvalue weighted by Gasteiger charge is 2.24. The molecule has 0 aliphatic carbocycles. The molecule has 1 N–H and O–H groups in total. The Kier molecular flexibility index (Phi) is 9.32. The fourth-order valence-corrected chi connectivity index (χ4v) is 5.34. The number of nitrogens with zero attached hydrogens (tertiary/aromatic N) is 4. The number of hydrogen-bond acceptors (Lipinski definition) is 4. The Labute approximate surface area is 264 Å². The van der Waals surface area contributed by atoms with Gasteiger partial charge in [0.1, 0.15) is 11.3 Å². The minimum absolute atomic E-state index is 0.262. The molecule has 45 heavy (non-hydrogen) atoms. The number of ether oxygens (including phenoxy) is 1.